The van der Waals surface area contributed by atoms with Crippen LogP contribution in [0.15, 0.2) is 40.8 Å². The molecular formula is C21H25NO5. The number of hydrogen-bond donors (Lipinski definition) is 1. The molecule has 1 amide bonds. The molecule has 1 saturated heterocycles. The standard InChI is InChI=1S/C21H25NO5/c1-2-18-17(21(24)25)12-19(27-18)20(23)22(13-15-6-4-3-5-7-15)14-16-8-10-26-11-9-16/h3-7,12,16H,2,8-11,13-14H2,1H3,(H,24,25). The van der Waals surface area contributed by atoms with Crippen LogP contribution >= 0.6 is 0 Å². The van der Waals surface area contributed by atoms with Crippen LogP contribution < -0.4 is 0 Å². The van der Waals surface area contributed by atoms with E-state index >= 15 is 0 Å². The molecule has 0 spiro atoms. The average molecular weight is 371 g/mol. The third-order valence-corrected chi connectivity index (χ3v) is 4.89. The Hall–Kier alpha value is -2.60. The quantitative estimate of drug-likeness (QED) is 0.804. The minimum atomic E-state index is -1.08. The van der Waals surface area contributed by atoms with E-state index in [0.29, 0.717) is 44.4 Å². The van der Waals surface area contributed by atoms with Gasteiger partial charge in [-0.15, -0.1) is 0 Å². The summed E-state index contributed by atoms with van der Waals surface area (Å²) >= 11 is 0. The lowest BCUT2D eigenvalue weighted by molar-refractivity contribution is 0.0431. The van der Waals surface area contributed by atoms with E-state index in [1.54, 1.807) is 4.90 Å². The van der Waals surface area contributed by atoms with E-state index in [4.69, 9.17) is 9.15 Å². The third kappa shape index (κ3) is 4.77. The summed E-state index contributed by atoms with van der Waals surface area (Å²) in [6.07, 6.45) is 2.25. The van der Waals surface area contributed by atoms with Crippen molar-refractivity contribution in [3.05, 3.63) is 59.0 Å². The summed E-state index contributed by atoms with van der Waals surface area (Å²) in [5.74, 6) is -0.559. The number of aryl methyl sites for hydroxylation is 1. The normalized spacial score (nSPS) is 14.9. The van der Waals surface area contributed by atoms with Crippen LogP contribution in [0.1, 0.15) is 52.0 Å². The molecule has 6 nitrogen and oxygen atoms in total. The maximum atomic E-state index is 13.1. The van der Waals surface area contributed by atoms with Gasteiger partial charge in [-0.3, -0.25) is 4.79 Å². The van der Waals surface area contributed by atoms with Crippen LogP contribution in [0, 0.1) is 5.92 Å². The van der Waals surface area contributed by atoms with Gasteiger partial charge in [-0.1, -0.05) is 37.3 Å². The highest BCUT2D eigenvalue weighted by molar-refractivity contribution is 5.96. The summed E-state index contributed by atoms with van der Waals surface area (Å²) in [6.45, 7) is 4.29. The van der Waals surface area contributed by atoms with Crippen molar-refractivity contribution in [3.8, 4) is 0 Å². The summed E-state index contributed by atoms with van der Waals surface area (Å²) in [5, 5.41) is 9.33. The van der Waals surface area contributed by atoms with Gasteiger partial charge in [-0.25, -0.2) is 4.79 Å². The number of rotatable bonds is 7. The Kier molecular flexibility index (Phi) is 6.29. The Labute approximate surface area is 158 Å². The van der Waals surface area contributed by atoms with Crippen molar-refractivity contribution in [1.29, 1.82) is 0 Å². The topological polar surface area (TPSA) is 80.0 Å². The second-order valence-corrected chi connectivity index (χ2v) is 6.83. The second-order valence-electron chi connectivity index (χ2n) is 6.83. The van der Waals surface area contributed by atoms with Crippen LogP contribution in [0.25, 0.3) is 0 Å². The molecule has 6 heteroatoms. The number of amides is 1. The second kappa shape index (κ2) is 8.86. The lowest BCUT2D eigenvalue weighted by Gasteiger charge is -2.29. The van der Waals surface area contributed by atoms with Gasteiger partial charge in [-0.2, -0.15) is 0 Å². The number of aromatic carboxylic acids is 1. The number of benzene rings is 1. The van der Waals surface area contributed by atoms with Crippen LogP contribution in [0.4, 0.5) is 0 Å². The highest BCUT2D eigenvalue weighted by Gasteiger charge is 2.27. The van der Waals surface area contributed by atoms with Gasteiger partial charge in [0, 0.05) is 38.8 Å². The van der Waals surface area contributed by atoms with Gasteiger partial charge in [0.15, 0.2) is 5.76 Å². The van der Waals surface area contributed by atoms with Gasteiger partial charge in [-0.05, 0) is 24.3 Å². The van der Waals surface area contributed by atoms with E-state index in [1.807, 2.05) is 37.3 Å². The number of ether oxygens (including phenoxy) is 1. The highest BCUT2D eigenvalue weighted by atomic mass is 16.5. The first-order chi connectivity index (χ1) is 13.1. The predicted molar refractivity (Wildman–Crippen MR) is 99.8 cm³/mol. The molecule has 0 saturated carbocycles. The molecule has 3 rings (SSSR count). The number of carboxylic acid groups (broad SMARTS) is 1. The fourth-order valence-corrected chi connectivity index (χ4v) is 3.40. The van der Waals surface area contributed by atoms with Gasteiger partial charge in [0.2, 0.25) is 0 Å². The molecule has 2 heterocycles. The third-order valence-electron chi connectivity index (χ3n) is 4.89. The largest absolute Gasteiger partial charge is 0.478 e. The Morgan fingerprint density at radius 3 is 2.48 bits per heavy atom. The molecule has 1 aliphatic rings. The summed E-state index contributed by atoms with van der Waals surface area (Å²) in [4.78, 5) is 26.3. The first kappa shape index (κ1) is 19.2. The minimum absolute atomic E-state index is 0.0616. The van der Waals surface area contributed by atoms with E-state index < -0.39 is 5.97 Å². The van der Waals surface area contributed by atoms with E-state index in [0.717, 1.165) is 18.4 Å². The van der Waals surface area contributed by atoms with E-state index in [1.165, 1.54) is 6.07 Å². The average Bonchev–Trinajstić information content (AvgIpc) is 3.13. The molecule has 1 fully saturated rings. The molecule has 0 aliphatic carbocycles. The van der Waals surface area contributed by atoms with Gasteiger partial charge in [0.1, 0.15) is 11.3 Å². The van der Waals surface area contributed by atoms with Crippen LogP contribution in [0.2, 0.25) is 0 Å². The fraction of sp³-hybridized carbons (Fsp3) is 0.429. The smallest absolute Gasteiger partial charge is 0.339 e. The SMILES string of the molecule is CCc1oc(C(=O)N(Cc2ccccc2)CC2CCOCC2)cc1C(=O)O. The van der Waals surface area contributed by atoms with Crippen molar-refractivity contribution in [1.82, 2.24) is 4.90 Å². The Morgan fingerprint density at radius 1 is 1.19 bits per heavy atom. The Morgan fingerprint density at radius 2 is 1.89 bits per heavy atom. The first-order valence-corrected chi connectivity index (χ1v) is 9.35. The van der Waals surface area contributed by atoms with Gasteiger partial charge in [0.25, 0.3) is 5.91 Å². The number of carbonyl (C=O) groups is 2. The molecule has 2 aromatic rings. The molecule has 0 atom stereocenters. The number of carbonyl (C=O) groups excluding carboxylic acids is 1. The number of nitrogens with zero attached hydrogens (tertiary/aromatic N) is 1. The van der Waals surface area contributed by atoms with Crippen molar-refractivity contribution in [2.75, 3.05) is 19.8 Å². The van der Waals surface area contributed by atoms with Crippen molar-refractivity contribution in [3.63, 3.8) is 0 Å². The van der Waals surface area contributed by atoms with Gasteiger partial charge in [0.05, 0.1) is 0 Å². The van der Waals surface area contributed by atoms with Crippen molar-refractivity contribution in [2.24, 2.45) is 5.92 Å². The summed E-state index contributed by atoms with van der Waals surface area (Å²) in [5.41, 5.74) is 1.09. The molecule has 1 aliphatic heterocycles. The first-order valence-electron chi connectivity index (χ1n) is 9.35. The van der Waals surface area contributed by atoms with Crippen molar-refractivity contribution < 1.29 is 23.8 Å². The maximum Gasteiger partial charge on any atom is 0.339 e. The lowest BCUT2D eigenvalue weighted by atomic mass is 9.99. The zero-order chi connectivity index (χ0) is 19.2. The summed E-state index contributed by atoms with van der Waals surface area (Å²) in [7, 11) is 0. The van der Waals surface area contributed by atoms with Gasteiger partial charge < -0.3 is 19.2 Å². The number of furan rings is 1. The van der Waals surface area contributed by atoms with E-state index in [9.17, 15) is 14.7 Å². The van der Waals surface area contributed by atoms with Crippen LogP contribution in [0.3, 0.4) is 0 Å². The monoisotopic (exact) mass is 371 g/mol. The minimum Gasteiger partial charge on any atom is -0.478 e. The van der Waals surface area contributed by atoms with Crippen LogP contribution in [-0.4, -0.2) is 41.6 Å². The predicted octanol–water partition coefficient (Wildman–Crippen LogP) is 3.61. The lowest BCUT2D eigenvalue weighted by Crippen LogP contribution is -2.36. The Balaban J connectivity index is 1.84. The molecule has 1 aromatic carbocycles. The molecule has 0 radical (unpaired) electrons. The summed E-state index contributed by atoms with van der Waals surface area (Å²) in [6, 6.07) is 11.1. The zero-order valence-corrected chi connectivity index (χ0v) is 15.5. The number of hydrogen-bond acceptors (Lipinski definition) is 4. The highest BCUT2D eigenvalue weighted by Crippen LogP contribution is 2.22. The zero-order valence-electron chi connectivity index (χ0n) is 15.5. The maximum absolute atomic E-state index is 13.1. The van der Waals surface area contributed by atoms with Crippen LogP contribution in [0.5, 0.6) is 0 Å². The molecule has 0 unspecified atom stereocenters. The van der Waals surface area contributed by atoms with E-state index in [2.05, 4.69) is 0 Å². The van der Waals surface area contributed by atoms with Crippen LogP contribution in [-0.2, 0) is 17.7 Å². The molecule has 27 heavy (non-hydrogen) atoms. The molecule has 1 aromatic heterocycles. The summed E-state index contributed by atoms with van der Waals surface area (Å²) < 4.78 is 11.0. The molecule has 1 N–H and O–H groups in total. The molecule has 0 bridgehead atoms. The van der Waals surface area contributed by atoms with Crippen molar-refractivity contribution in [2.45, 2.75) is 32.7 Å². The molecule has 144 valence electrons. The van der Waals surface area contributed by atoms with Crippen molar-refractivity contribution >= 4 is 11.9 Å². The number of carboxylic acids is 1. The Bertz CT molecular complexity index is 777. The molecular weight excluding hydrogens is 346 g/mol. The van der Waals surface area contributed by atoms with Gasteiger partial charge >= 0.3 is 5.97 Å². The van der Waals surface area contributed by atoms with E-state index in [-0.39, 0.29) is 17.2 Å². The fourth-order valence-electron chi connectivity index (χ4n) is 3.40.